The van der Waals surface area contributed by atoms with E-state index in [1.54, 1.807) is 0 Å². The molecule has 1 aliphatic heterocycles. The molecule has 3 atom stereocenters. The zero-order valence-corrected chi connectivity index (χ0v) is 10.8. The van der Waals surface area contributed by atoms with Crippen LogP contribution >= 0.6 is 0 Å². The average Bonchev–Trinajstić information content (AvgIpc) is 2.90. The Hall–Kier alpha value is -1.76. The predicted octanol–water partition coefficient (Wildman–Crippen LogP) is -1.14. The van der Waals surface area contributed by atoms with Gasteiger partial charge in [-0.1, -0.05) is 0 Å². The van der Waals surface area contributed by atoms with Crippen LogP contribution in [-0.4, -0.2) is 33.9 Å². The minimum Gasteiger partial charge on any atom is -0.393 e. The van der Waals surface area contributed by atoms with Gasteiger partial charge in [0.05, 0.1) is 6.10 Å². The number of H-pyrrole nitrogens is 1. The van der Waals surface area contributed by atoms with Gasteiger partial charge >= 0.3 is 5.69 Å². The van der Waals surface area contributed by atoms with Crippen molar-refractivity contribution in [1.82, 2.24) is 9.55 Å². The molecule has 19 heavy (non-hydrogen) atoms. The van der Waals surface area contributed by atoms with Gasteiger partial charge in [0.1, 0.15) is 11.5 Å². The summed E-state index contributed by atoms with van der Waals surface area (Å²) in [6, 6.07) is 0. The molecule has 3 unspecified atom stereocenters. The van der Waals surface area contributed by atoms with Crippen LogP contribution in [0.25, 0.3) is 0 Å². The molecule has 2 heterocycles. The smallest absolute Gasteiger partial charge is 0.329 e. The molecule has 0 aromatic carbocycles. The number of nitrogen functional groups attached to an aromatic ring is 1. The number of nitrogens with one attached hydrogen (secondary N) is 1. The molecule has 1 aliphatic carbocycles. The molecule has 1 aromatic heterocycles. The first kappa shape index (κ1) is 12.3. The van der Waals surface area contributed by atoms with Crippen LogP contribution in [0.15, 0.2) is 9.59 Å². The van der Waals surface area contributed by atoms with Crippen LogP contribution in [0.3, 0.4) is 0 Å². The van der Waals surface area contributed by atoms with E-state index in [-0.39, 0.29) is 17.8 Å². The minimum atomic E-state index is -0.509. The van der Waals surface area contributed by atoms with Gasteiger partial charge in [-0.05, 0) is 18.8 Å². The number of aromatic nitrogens is 2. The second-order valence-corrected chi connectivity index (χ2v) is 5.53. The van der Waals surface area contributed by atoms with Crippen molar-refractivity contribution in [1.29, 1.82) is 0 Å². The molecule has 0 amide bonds. The highest BCUT2D eigenvalue weighted by Crippen LogP contribution is 2.39. The summed E-state index contributed by atoms with van der Waals surface area (Å²) < 4.78 is 1.24. The lowest BCUT2D eigenvalue weighted by atomic mass is 10.00. The number of hydrogen-bond donors (Lipinski definition) is 3. The van der Waals surface area contributed by atoms with E-state index in [9.17, 15) is 14.7 Å². The molecule has 104 valence electrons. The Morgan fingerprint density at radius 1 is 1.32 bits per heavy atom. The third-order valence-electron chi connectivity index (χ3n) is 4.48. The maximum absolute atomic E-state index is 11.9. The van der Waals surface area contributed by atoms with E-state index in [2.05, 4.69) is 4.98 Å². The summed E-state index contributed by atoms with van der Waals surface area (Å²) in [5.74, 6) is 0.797. The largest absolute Gasteiger partial charge is 0.393 e. The fourth-order valence-electron chi connectivity index (χ4n) is 3.35. The first-order valence-corrected chi connectivity index (χ1v) is 6.51. The molecule has 7 nitrogen and oxygen atoms in total. The lowest BCUT2D eigenvalue weighted by molar-refractivity contribution is 0.133. The normalized spacial score (nSPS) is 29.8. The maximum atomic E-state index is 11.9. The summed E-state index contributed by atoms with van der Waals surface area (Å²) in [5.41, 5.74) is 5.28. The van der Waals surface area contributed by atoms with Crippen molar-refractivity contribution in [2.24, 2.45) is 18.9 Å². The first-order chi connectivity index (χ1) is 8.99. The molecule has 1 aromatic rings. The minimum absolute atomic E-state index is 0.184. The highest BCUT2D eigenvalue weighted by atomic mass is 16.3. The number of nitrogens with two attached hydrogens (primary N) is 1. The molecule has 3 rings (SSSR count). The fraction of sp³-hybridized carbons (Fsp3) is 0.667. The Morgan fingerprint density at radius 2 is 2.05 bits per heavy atom. The highest BCUT2D eigenvalue weighted by Gasteiger charge is 2.43. The number of hydrogen-bond acceptors (Lipinski definition) is 5. The second-order valence-electron chi connectivity index (χ2n) is 5.53. The summed E-state index contributed by atoms with van der Waals surface area (Å²) in [6.07, 6.45) is 1.52. The van der Waals surface area contributed by atoms with E-state index in [1.807, 2.05) is 4.90 Å². The van der Waals surface area contributed by atoms with Crippen LogP contribution in [0.5, 0.6) is 0 Å². The second kappa shape index (κ2) is 4.12. The van der Waals surface area contributed by atoms with Crippen LogP contribution in [0.4, 0.5) is 11.5 Å². The van der Waals surface area contributed by atoms with Crippen molar-refractivity contribution in [2.75, 3.05) is 23.7 Å². The summed E-state index contributed by atoms with van der Waals surface area (Å²) in [7, 11) is 1.53. The van der Waals surface area contributed by atoms with E-state index < -0.39 is 11.2 Å². The van der Waals surface area contributed by atoms with Crippen molar-refractivity contribution in [3.05, 3.63) is 20.8 Å². The van der Waals surface area contributed by atoms with E-state index in [0.29, 0.717) is 24.7 Å². The number of anilines is 2. The molecule has 7 heteroatoms. The average molecular weight is 266 g/mol. The predicted molar refractivity (Wildman–Crippen MR) is 71.1 cm³/mol. The van der Waals surface area contributed by atoms with Crippen molar-refractivity contribution >= 4 is 11.5 Å². The summed E-state index contributed by atoms with van der Waals surface area (Å²) in [4.78, 5) is 27.6. The first-order valence-electron chi connectivity index (χ1n) is 6.51. The molecule has 0 spiro atoms. The van der Waals surface area contributed by atoms with Gasteiger partial charge < -0.3 is 15.7 Å². The zero-order valence-electron chi connectivity index (χ0n) is 10.8. The lowest BCUT2D eigenvalue weighted by Crippen LogP contribution is -2.37. The van der Waals surface area contributed by atoms with Gasteiger partial charge in [-0.2, -0.15) is 0 Å². The molecule has 0 bridgehead atoms. The lowest BCUT2D eigenvalue weighted by Gasteiger charge is -2.21. The molecule has 0 radical (unpaired) electrons. The number of nitrogens with zero attached hydrogens (tertiary/aromatic N) is 2. The number of aliphatic hydroxyl groups is 1. The van der Waals surface area contributed by atoms with Gasteiger partial charge in [0, 0.05) is 26.1 Å². The van der Waals surface area contributed by atoms with Crippen LogP contribution in [0.2, 0.25) is 0 Å². The standard InChI is InChI=1S/C12H18N4O3/c1-15-10(13)9(11(18)14-12(15)19)16-4-6-2-3-8(17)7(6)5-16/h6-8,17H,2-5,13H2,1H3,(H,14,18,19). The van der Waals surface area contributed by atoms with Crippen LogP contribution in [0.1, 0.15) is 12.8 Å². The van der Waals surface area contributed by atoms with Gasteiger partial charge in [0.25, 0.3) is 5.56 Å². The number of aliphatic hydroxyl groups excluding tert-OH is 1. The van der Waals surface area contributed by atoms with Crippen molar-refractivity contribution in [3.8, 4) is 0 Å². The highest BCUT2D eigenvalue weighted by molar-refractivity contribution is 5.63. The Labute approximate surface area is 109 Å². The topological polar surface area (TPSA) is 104 Å². The van der Waals surface area contributed by atoms with Crippen molar-refractivity contribution < 1.29 is 5.11 Å². The van der Waals surface area contributed by atoms with E-state index in [0.717, 1.165) is 12.8 Å². The van der Waals surface area contributed by atoms with Gasteiger partial charge in [-0.15, -0.1) is 0 Å². The van der Waals surface area contributed by atoms with E-state index in [1.165, 1.54) is 11.6 Å². The van der Waals surface area contributed by atoms with Gasteiger partial charge in [-0.3, -0.25) is 14.3 Å². The quantitative estimate of drug-likeness (QED) is 0.596. The molecule has 1 saturated heterocycles. The molecule has 4 N–H and O–H groups in total. The zero-order chi connectivity index (χ0) is 13.7. The van der Waals surface area contributed by atoms with Crippen LogP contribution < -0.4 is 21.9 Å². The molecular formula is C12H18N4O3. The van der Waals surface area contributed by atoms with Gasteiger partial charge in [0.2, 0.25) is 0 Å². The van der Waals surface area contributed by atoms with Crippen molar-refractivity contribution in [2.45, 2.75) is 18.9 Å². The Balaban J connectivity index is 1.99. The fourth-order valence-corrected chi connectivity index (χ4v) is 3.35. The SMILES string of the molecule is Cn1c(N)c(N2CC3CCC(O)C3C2)c(=O)[nH]c1=O. The Bertz CT molecular complexity index is 620. The molecular weight excluding hydrogens is 248 g/mol. The van der Waals surface area contributed by atoms with Crippen LogP contribution in [-0.2, 0) is 7.05 Å². The molecule has 1 saturated carbocycles. The summed E-state index contributed by atoms with van der Waals surface area (Å²) >= 11 is 0. The Kier molecular flexibility index (Phi) is 2.67. The number of rotatable bonds is 1. The van der Waals surface area contributed by atoms with Crippen molar-refractivity contribution in [3.63, 3.8) is 0 Å². The number of fused-ring (bicyclic) bond motifs is 1. The Morgan fingerprint density at radius 3 is 2.74 bits per heavy atom. The maximum Gasteiger partial charge on any atom is 0.329 e. The summed E-state index contributed by atoms with van der Waals surface area (Å²) in [5, 5.41) is 9.90. The van der Waals surface area contributed by atoms with E-state index >= 15 is 0 Å². The van der Waals surface area contributed by atoms with Gasteiger partial charge in [-0.25, -0.2) is 4.79 Å². The monoisotopic (exact) mass is 266 g/mol. The molecule has 2 aliphatic rings. The van der Waals surface area contributed by atoms with E-state index in [4.69, 9.17) is 5.73 Å². The number of aromatic amines is 1. The third kappa shape index (κ3) is 1.76. The third-order valence-corrected chi connectivity index (χ3v) is 4.48. The summed E-state index contributed by atoms with van der Waals surface area (Å²) in [6.45, 7) is 1.34. The van der Waals surface area contributed by atoms with Crippen LogP contribution in [0, 0.1) is 11.8 Å². The molecule has 2 fully saturated rings. The van der Waals surface area contributed by atoms with Gasteiger partial charge in [0.15, 0.2) is 0 Å².